The minimum Gasteiger partial charge on any atom is -0.365 e. The Kier molecular flexibility index (Phi) is 2.75. The van der Waals surface area contributed by atoms with E-state index >= 15 is 0 Å². The third kappa shape index (κ3) is 1.72. The van der Waals surface area contributed by atoms with Crippen LogP contribution in [-0.4, -0.2) is 36.2 Å². The van der Waals surface area contributed by atoms with Gasteiger partial charge in [0.2, 0.25) is 0 Å². The molecule has 24 heavy (non-hydrogen) atoms. The van der Waals surface area contributed by atoms with E-state index in [4.69, 9.17) is 4.74 Å². The molecule has 1 spiro atoms. The van der Waals surface area contributed by atoms with E-state index in [0.717, 1.165) is 31.3 Å². The van der Waals surface area contributed by atoms with Crippen molar-refractivity contribution in [2.75, 3.05) is 19.6 Å². The minimum absolute atomic E-state index is 0.0859. The van der Waals surface area contributed by atoms with Gasteiger partial charge in [0.1, 0.15) is 11.4 Å². The standard InChI is InChI=1S/C21H24FNO/c22-17-5-1-13(2-6-17)7-8-23-11-16-10-18-19-14-3-4-15(9-14)20(19)21(16,12-23)24-18/h1-2,5-6,14,16,18-19H,3-4,7-12H2. The zero-order valence-corrected chi connectivity index (χ0v) is 14.0. The van der Waals surface area contributed by atoms with Crippen LogP contribution >= 0.6 is 0 Å². The van der Waals surface area contributed by atoms with Crippen LogP contribution in [-0.2, 0) is 11.2 Å². The molecule has 2 aliphatic carbocycles. The van der Waals surface area contributed by atoms with Gasteiger partial charge in [-0.2, -0.15) is 0 Å². The summed E-state index contributed by atoms with van der Waals surface area (Å²) in [6, 6.07) is 6.99. The largest absolute Gasteiger partial charge is 0.365 e. The lowest BCUT2D eigenvalue weighted by Crippen LogP contribution is -2.39. The van der Waals surface area contributed by atoms with E-state index in [-0.39, 0.29) is 11.4 Å². The predicted octanol–water partition coefficient (Wildman–Crippen LogP) is 3.57. The zero-order valence-electron chi connectivity index (χ0n) is 14.0. The lowest BCUT2D eigenvalue weighted by atomic mass is 9.68. The monoisotopic (exact) mass is 325 g/mol. The maximum Gasteiger partial charge on any atom is 0.123 e. The summed E-state index contributed by atoms with van der Waals surface area (Å²) < 4.78 is 19.7. The van der Waals surface area contributed by atoms with Gasteiger partial charge in [-0.25, -0.2) is 4.39 Å². The van der Waals surface area contributed by atoms with E-state index in [9.17, 15) is 4.39 Å². The molecule has 3 saturated heterocycles. The average molecular weight is 325 g/mol. The first kappa shape index (κ1) is 14.0. The third-order valence-electron chi connectivity index (χ3n) is 7.51. The van der Waals surface area contributed by atoms with E-state index in [1.54, 1.807) is 23.3 Å². The smallest absolute Gasteiger partial charge is 0.123 e. The molecule has 2 nitrogen and oxygen atoms in total. The van der Waals surface area contributed by atoms with E-state index < -0.39 is 0 Å². The minimum atomic E-state index is -0.144. The molecule has 0 amide bonds. The highest BCUT2D eigenvalue weighted by atomic mass is 19.1. The van der Waals surface area contributed by atoms with E-state index in [1.807, 2.05) is 12.1 Å². The second kappa shape index (κ2) is 4.70. The molecule has 3 aliphatic heterocycles. The van der Waals surface area contributed by atoms with Gasteiger partial charge in [-0.1, -0.05) is 17.7 Å². The van der Waals surface area contributed by atoms with E-state index in [2.05, 4.69) is 4.90 Å². The molecule has 1 aromatic rings. The van der Waals surface area contributed by atoms with Crippen molar-refractivity contribution in [2.45, 2.75) is 43.8 Å². The van der Waals surface area contributed by atoms with Gasteiger partial charge in [-0.15, -0.1) is 0 Å². The average Bonchev–Trinajstić information content (AvgIpc) is 3.34. The number of hydrogen-bond acceptors (Lipinski definition) is 2. The summed E-state index contributed by atoms with van der Waals surface area (Å²) >= 11 is 0. The summed E-state index contributed by atoms with van der Waals surface area (Å²) in [5.41, 5.74) is 4.86. The fraction of sp³-hybridized carbons (Fsp3) is 0.619. The quantitative estimate of drug-likeness (QED) is 0.788. The van der Waals surface area contributed by atoms with Crippen LogP contribution in [0.25, 0.3) is 0 Å². The van der Waals surface area contributed by atoms with Crippen molar-refractivity contribution in [3.05, 3.63) is 46.8 Å². The SMILES string of the molecule is Fc1ccc(CCN2CC3CC4OC3(C2)C2=C3CCC(C3)C24)cc1. The van der Waals surface area contributed by atoms with Crippen molar-refractivity contribution in [1.82, 2.24) is 4.90 Å². The second-order valence-electron chi connectivity index (χ2n) is 8.64. The molecular formula is C21H24FNO. The van der Waals surface area contributed by atoms with Crippen molar-refractivity contribution in [3.63, 3.8) is 0 Å². The summed E-state index contributed by atoms with van der Waals surface area (Å²) in [7, 11) is 0. The molecular weight excluding hydrogens is 301 g/mol. The molecule has 0 radical (unpaired) electrons. The van der Waals surface area contributed by atoms with Gasteiger partial charge in [0, 0.05) is 31.5 Å². The van der Waals surface area contributed by atoms with Gasteiger partial charge >= 0.3 is 0 Å². The Bertz CT molecular complexity index is 726. The third-order valence-corrected chi connectivity index (χ3v) is 7.51. The number of halogens is 1. The number of hydrogen-bond donors (Lipinski definition) is 0. The highest BCUT2D eigenvalue weighted by Gasteiger charge is 2.68. The number of nitrogens with zero attached hydrogens (tertiary/aromatic N) is 1. The van der Waals surface area contributed by atoms with Gasteiger partial charge in [0.25, 0.3) is 0 Å². The molecule has 0 aromatic heterocycles. The Hall–Kier alpha value is -1.19. The number of allylic oxidation sites excluding steroid dienone is 1. The van der Waals surface area contributed by atoms with Crippen molar-refractivity contribution in [3.8, 4) is 0 Å². The van der Waals surface area contributed by atoms with Crippen molar-refractivity contribution < 1.29 is 9.13 Å². The Morgan fingerprint density at radius 1 is 1.25 bits per heavy atom. The first-order valence-corrected chi connectivity index (χ1v) is 9.60. The molecule has 5 unspecified atom stereocenters. The van der Waals surface area contributed by atoms with Crippen LogP contribution in [0.3, 0.4) is 0 Å². The normalized spacial score (nSPS) is 42.2. The first-order chi connectivity index (χ1) is 11.7. The topological polar surface area (TPSA) is 12.5 Å². The Labute approximate surface area is 142 Å². The lowest BCUT2D eigenvalue weighted by molar-refractivity contribution is 0.00950. The van der Waals surface area contributed by atoms with Crippen LogP contribution in [0.2, 0.25) is 0 Å². The number of benzene rings is 1. The molecule has 5 aliphatic rings. The molecule has 126 valence electrons. The summed E-state index contributed by atoms with van der Waals surface area (Å²) in [5.74, 6) is 2.26. The molecule has 0 N–H and O–H groups in total. The summed E-state index contributed by atoms with van der Waals surface area (Å²) in [4.78, 5) is 2.60. The summed E-state index contributed by atoms with van der Waals surface area (Å²) in [6.45, 7) is 3.35. The highest BCUT2D eigenvalue weighted by Crippen LogP contribution is 2.66. The number of rotatable bonds is 3. The highest BCUT2D eigenvalue weighted by molar-refractivity contribution is 5.45. The Morgan fingerprint density at radius 2 is 2.12 bits per heavy atom. The number of fused-ring (bicyclic) bond motifs is 6. The zero-order chi connectivity index (χ0) is 15.9. The van der Waals surface area contributed by atoms with Crippen molar-refractivity contribution in [2.24, 2.45) is 17.8 Å². The van der Waals surface area contributed by atoms with Gasteiger partial charge in [-0.05, 0) is 61.3 Å². The second-order valence-corrected chi connectivity index (χ2v) is 8.64. The first-order valence-electron chi connectivity index (χ1n) is 9.60. The van der Waals surface area contributed by atoms with Crippen LogP contribution in [0, 0.1) is 23.6 Å². The predicted molar refractivity (Wildman–Crippen MR) is 90.1 cm³/mol. The van der Waals surface area contributed by atoms with Crippen LogP contribution in [0.15, 0.2) is 35.4 Å². The molecule has 6 rings (SSSR count). The van der Waals surface area contributed by atoms with Gasteiger partial charge in [0.15, 0.2) is 0 Å². The van der Waals surface area contributed by atoms with Crippen molar-refractivity contribution in [1.29, 1.82) is 0 Å². The van der Waals surface area contributed by atoms with E-state index in [0.29, 0.717) is 12.0 Å². The molecule has 1 saturated carbocycles. The Balaban J connectivity index is 1.22. The number of likely N-dealkylation sites (tertiary alicyclic amines) is 1. The molecule has 1 aromatic carbocycles. The lowest BCUT2D eigenvalue weighted by Gasteiger charge is -2.33. The number of ether oxygens (including phenoxy) is 1. The van der Waals surface area contributed by atoms with Crippen LogP contribution < -0.4 is 0 Å². The van der Waals surface area contributed by atoms with Crippen molar-refractivity contribution >= 4 is 0 Å². The van der Waals surface area contributed by atoms with Crippen LogP contribution in [0.4, 0.5) is 4.39 Å². The molecule has 3 heteroatoms. The van der Waals surface area contributed by atoms with Crippen LogP contribution in [0.5, 0.6) is 0 Å². The van der Waals surface area contributed by atoms with Gasteiger partial charge in [0.05, 0.1) is 6.10 Å². The fourth-order valence-corrected chi connectivity index (χ4v) is 6.65. The molecule has 3 heterocycles. The fourth-order valence-electron chi connectivity index (χ4n) is 6.65. The summed E-state index contributed by atoms with van der Waals surface area (Å²) in [5, 5.41) is 0. The van der Waals surface area contributed by atoms with Crippen LogP contribution in [0.1, 0.15) is 31.2 Å². The molecule has 4 fully saturated rings. The maximum atomic E-state index is 13.1. The van der Waals surface area contributed by atoms with Gasteiger partial charge in [-0.3, -0.25) is 4.90 Å². The van der Waals surface area contributed by atoms with E-state index in [1.165, 1.54) is 37.8 Å². The molecule has 4 bridgehead atoms. The maximum absolute atomic E-state index is 13.1. The Morgan fingerprint density at radius 3 is 3.00 bits per heavy atom. The molecule has 5 atom stereocenters. The van der Waals surface area contributed by atoms with Gasteiger partial charge < -0.3 is 4.74 Å². The summed E-state index contributed by atoms with van der Waals surface area (Å²) in [6.07, 6.45) is 6.96.